The molecule has 0 aliphatic rings. The van der Waals surface area contributed by atoms with Gasteiger partial charge in [-0.2, -0.15) is 10.2 Å². The molecule has 0 fully saturated rings. The lowest BCUT2D eigenvalue weighted by Crippen LogP contribution is -2.19. The van der Waals surface area contributed by atoms with E-state index >= 15 is 0 Å². The molecule has 0 aliphatic carbocycles. The average molecular weight is 208 g/mol. The topological polar surface area (TPSA) is 63.8 Å². The second kappa shape index (κ2) is 6.48. The molecule has 0 saturated carbocycles. The van der Waals surface area contributed by atoms with Crippen LogP contribution < -0.4 is 11.1 Å². The number of aryl methyl sites for hydroxylation is 2. The first-order chi connectivity index (χ1) is 7.27. The van der Waals surface area contributed by atoms with Gasteiger partial charge in [0.05, 0.1) is 11.4 Å². The van der Waals surface area contributed by atoms with Gasteiger partial charge in [0, 0.05) is 6.54 Å². The summed E-state index contributed by atoms with van der Waals surface area (Å²) in [6, 6.07) is 2.10. The standard InChI is InChI=1S/C11H20N4/c1-3-11-10(7-9(2)14-15-11)8-13-6-4-5-12/h7,13H,3-6,8,12H2,1-2H3. The van der Waals surface area contributed by atoms with Crippen molar-refractivity contribution in [2.45, 2.75) is 33.2 Å². The predicted octanol–water partition coefficient (Wildman–Crippen LogP) is 0.786. The van der Waals surface area contributed by atoms with Crippen molar-refractivity contribution >= 4 is 0 Å². The second-order valence-corrected chi connectivity index (χ2v) is 3.63. The van der Waals surface area contributed by atoms with Gasteiger partial charge in [-0.1, -0.05) is 6.92 Å². The fourth-order valence-electron chi connectivity index (χ4n) is 1.47. The first-order valence-electron chi connectivity index (χ1n) is 5.50. The summed E-state index contributed by atoms with van der Waals surface area (Å²) in [6.45, 7) is 6.63. The monoisotopic (exact) mass is 208 g/mol. The zero-order valence-corrected chi connectivity index (χ0v) is 9.58. The van der Waals surface area contributed by atoms with Crippen LogP contribution in [0.5, 0.6) is 0 Å². The second-order valence-electron chi connectivity index (χ2n) is 3.63. The van der Waals surface area contributed by atoms with Crippen LogP contribution in [0.2, 0.25) is 0 Å². The highest BCUT2D eigenvalue weighted by Gasteiger charge is 2.02. The van der Waals surface area contributed by atoms with E-state index in [9.17, 15) is 0 Å². The van der Waals surface area contributed by atoms with Crippen LogP contribution in [0.15, 0.2) is 6.07 Å². The SMILES string of the molecule is CCc1nnc(C)cc1CNCCCN. The van der Waals surface area contributed by atoms with E-state index < -0.39 is 0 Å². The zero-order valence-electron chi connectivity index (χ0n) is 9.58. The Hall–Kier alpha value is -1.00. The van der Waals surface area contributed by atoms with Crippen molar-refractivity contribution in [3.05, 3.63) is 23.0 Å². The summed E-state index contributed by atoms with van der Waals surface area (Å²) in [5.41, 5.74) is 8.74. The summed E-state index contributed by atoms with van der Waals surface area (Å²) in [5, 5.41) is 11.6. The average Bonchev–Trinajstić information content (AvgIpc) is 2.25. The normalized spacial score (nSPS) is 10.6. The number of aromatic nitrogens is 2. The van der Waals surface area contributed by atoms with E-state index in [4.69, 9.17) is 5.73 Å². The summed E-state index contributed by atoms with van der Waals surface area (Å²) in [4.78, 5) is 0. The molecule has 0 unspecified atom stereocenters. The lowest BCUT2D eigenvalue weighted by atomic mass is 10.1. The minimum Gasteiger partial charge on any atom is -0.330 e. The van der Waals surface area contributed by atoms with Gasteiger partial charge >= 0.3 is 0 Å². The first-order valence-corrected chi connectivity index (χ1v) is 5.50. The van der Waals surface area contributed by atoms with Crippen LogP contribution in [0.4, 0.5) is 0 Å². The molecule has 0 spiro atoms. The van der Waals surface area contributed by atoms with Crippen LogP contribution >= 0.6 is 0 Å². The van der Waals surface area contributed by atoms with Gasteiger partial charge in [0.1, 0.15) is 0 Å². The fourth-order valence-corrected chi connectivity index (χ4v) is 1.47. The molecule has 1 aromatic heterocycles. The van der Waals surface area contributed by atoms with Crippen LogP contribution in [0.3, 0.4) is 0 Å². The Morgan fingerprint density at radius 1 is 1.40 bits per heavy atom. The molecule has 84 valence electrons. The van der Waals surface area contributed by atoms with E-state index in [1.807, 2.05) is 6.92 Å². The fraction of sp³-hybridized carbons (Fsp3) is 0.636. The summed E-state index contributed by atoms with van der Waals surface area (Å²) >= 11 is 0. The smallest absolute Gasteiger partial charge is 0.0673 e. The van der Waals surface area contributed by atoms with Crippen molar-refractivity contribution in [2.24, 2.45) is 5.73 Å². The Balaban J connectivity index is 2.54. The van der Waals surface area contributed by atoms with Gasteiger partial charge in [0.15, 0.2) is 0 Å². The van der Waals surface area contributed by atoms with E-state index in [1.54, 1.807) is 0 Å². The maximum atomic E-state index is 5.43. The molecule has 1 rings (SSSR count). The molecule has 15 heavy (non-hydrogen) atoms. The third-order valence-corrected chi connectivity index (χ3v) is 2.29. The molecule has 0 radical (unpaired) electrons. The number of nitrogens with one attached hydrogen (secondary N) is 1. The maximum Gasteiger partial charge on any atom is 0.0673 e. The minimum atomic E-state index is 0.737. The highest BCUT2D eigenvalue weighted by Crippen LogP contribution is 2.06. The molecule has 3 N–H and O–H groups in total. The Labute approximate surface area is 91.3 Å². The van der Waals surface area contributed by atoms with Crippen molar-refractivity contribution < 1.29 is 0 Å². The number of nitrogens with zero attached hydrogens (tertiary/aromatic N) is 2. The van der Waals surface area contributed by atoms with Crippen molar-refractivity contribution in [3.8, 4) is 0 Å². The molecule has 0 aliphatic heterocycles. The summed E-state index contributed by atoms with van der Waals surface area (Å²) in [5.74, 6) is 0. The van der Waals surface area contributed by atoms with Crippen molar-refractivity contribution in [1.82, 2.24) is 15.5 Å². The molecule has 1 heterocycles. The van der Waals surface area contributed by atoms with Gasteiger partial charge in [0.2, 0.25) is 0 Å². The van der Waals surface area contributed by atoms with Crippen LogP contribution in [0.25, 0.3) is 0 Å². The molecule has 0 bridgehead atoms. The van der Waals surface area contributed by atoms with Crippen molar-refractivity contribution in [2.75, 3.05) is 13.1 Å². The van der Waals surface area contributed by atoms with E-state index in [1.165, 1.54) is 5.56 Å². The molecule has 0 saturated heterocycles. The third-order valence-electron chi connectivity index (χ3n) is 2.29. The molecule has 0 amide bonds. The largest absolute Gasteiger partial charge is 0.330 e. The van der Waals surface area contributed by atoms with Gasteiger partial charge in [0.25, 0.3) is 0 Å². The molecule has 4 heteroatoms. The number of nitrogens with two attached hydrogens (primary N) is 1. The van der Waals surface area contributed by atoms with Gasteiger partial charge in [-0.3, -0.25) is 0 Å². The number of rotatable bonds is 6. The molecule has 4 nitrogen and oxygen atoms in total. The molecular weight excluding hydrogens is 188 g/mol. The Morgan fingerprint density at radius 2 is 2.20 bits per heavy atom. The van der Waals surface area contributed by atoms with Gasteiger partial charge < -0.3 is 11.1 Å². The molecule has 0 atom stereocenters. The quantitative estimate of drug-likeness (QED) is 0.678. The van der Waals surface area contributed by atoms with E-state index in [2.05, 4.69) is 28.5 Å². The van der Waals surface area contributed by atoms with Gasteiger partial charge in [-0.25, -0.2) is 0 Å². The van der Waals surface area contributed by atoms with E-state index in [0.717, 1.165) is 43.9 Å². The van der Waals surface area contributed by atoms with Crippen LogP contribution in [0.1, 0.15) is 30.3 Å². The lowest BCUT2D eigenvalue weighted by molar-refractivity contribution is 0.646. The van der Waals surface area contributed by atoms with E-state index in [-0.39, 0.29) is 0 Å². The Kier molecular flexibility index (Phi) is 5.21. The van der Waals surface area contributed by atoms with Crippen molar-refractivity contribution in [3.63, 3.8) is 0 Å². The van der Waals surface area contributed by atoms with E-state index in [0.29, 0.717) is 0 Å². The number of hydrogen-bond acceptors (Lipinski definition) is 4. The van der Waals surface area contributed by atoms with Crippen LogP contribution in [-0.4, -0.2) is 23.3 Å². The minimum absolute atomic E-state index is 0.737. The molecular formula is C11H20N4. The van der Waals surface area contributed by atoms with Crippen LogP contribution in [-0.2, 0) is 13.0 Å². The Morgan fingerprint density at radius 3 is 2.87 bits per heavy atom. The number of hydrogen-bond donors (Lipinski definition) is 2. The molecule has 1 aromatic rings. The van der Waals surface area contributed by atoms with Gasteiger partial charge in [-0.05, 0) is 44.5 Å². The lowest BCUT2D eigenvalue weighted by Gasteiger charge is -2.08. The highest BCUT2D eigenvalue weighted by molar-refractivity contribution is 5.20. The van der Waals surface area contributed by atoms with Gasteiger partial charge in [-0.15, -0.1) is 0 Å². The van der Waals surface area contributed by atoms with Crippen LogP contribution in [0, 0.1) is 6.92 Å². The summed E-state index contributed by atoms with van der Waals surface area (Å²) in [7, 11) is 0. The highest BCUT2D eigenvalue weighted by atomic mass is 15.1. The first kappa shape index (κ1) is 12.1. The van der Waals surface area contributed by atoms with Crippen molar-refractivity contribution in [1.29, 1.82) is 0 Å². The zero-order chi connectivity index (χ0) is 11.1. The maximum absolute atomic E-state index is 5.43. The summed E-state index contributed by atoms with van der Waals surface area (Å²) in [6.07, 6.45) is 1.94. The summed E-state index contributed by atoms with van der Waals surface area (Å²) < 4.78 is 0. The predicted molar refractivity (Wildman–Crippen MR) is 61.5 cm³/mol. The third kappa shape index (κ3) is 3.93. The Bertz CT molecular complexity index is 299. The molecule has 0 aromatic carbocycles.